The lowest BCUT2D eigenvalue weighted by Crippen LogP contribution is -2.45. The van der Waals surface area contributed by atoms with Gasteiger partial charge >= 0.3 is 0 Å². The van der Waals surface area contributed by atoms with E-state index in [1.807, 2.05) is 6.08 Å². The Morgan fingerprint density at radius 2 is 1.17 bits per heavy atom. The SMILES string of the molecule is CCC/C=C/CC/C=C/C(O)C(CO)NC(=O)CCCCCCC/C=C\CCCCCCCCC. The molecule has 0 rings (SSSR count). The number of nitrogens with one attached hydrogen (secondary N) is 1. The molecule has 0 bridgehead atoms. The van der Waals surface area contributed by atoms with Gasteiger partial charge in [0.1, 0.15) is 0 Å². The van der Waals surface area contributed by atoms with Crippen molar-refractivity contribution in [2.45, 2.75) is 148 Å². The maximum atomic E-state index is 12.2. The highest BCUT2D eigenvalue weighted by Gasteiger charge is 2.17. The predicted octanol–water partition coefficient (Wildman–Crippen LogP) is 7.94. The molecule has 0 saturated carbocycles. The van der Waals surface area contributed by atoms with Gasteiger partial charge in [0.25, 0.3) is 0 Å². The summed E-state index contributed by atoms with van der Waals surface area (Å²) in [6.07, 6.45) is 33.7. The molecule has 0 aromatic rings. The van der Waals surface area contributed by atoms with Crippen LogP contribution in [0.3, 0.4) is 0 Å². The molecule has 0 aliphatic heterocycles. The van der Waals surface area contributed by atoms with Crippen LogP contribution in [-0.2, 0) is 4.79 Å². The van der Waals surface area contributed by atoms with Crippen LogP contribution >= 0.6 is 0 Å². The van der Waals surface area contributed by atoms with Crippen LogP contribution in [0.5, 0.6) is 0 Å². The predicted molar refractivity (Wildman–Crippen MR) is 152 cm³/mol. The maximum Gasteiger partial charge on any atom is 0.220 e. The first-order valence-corrected chi connectivity index (χ1v) is 14.7. The van der Waals surface area contributed by atoms with Crippen LogP contribution in [0.15, 0.2) is 36.5 Å². The van der Waals surface area contributed by atoms with E-state index >= 15 is 0 Å². The minimum absolute atomic E-state index is 0.0905. The van der Waals surface area contributed by atoms with Crippen molar-refractivity contribution in [3.05, 3.63) is 36.5 Å². The molecule has 204 valence electrons. The molecule has 35 heavy (non-hydrogen) atoms. The summed E-state index contributed by atoms with van der Waals surface area (Å²) in [6, 6.07) is -0.637. The number of amides is 1. The Morgan fingerprint density at radius 3 is 1.77 bits per heavy atom. The molecule has 0 spiro atoms. The van der Waals surface area contributed by atoms with E-state index < -0.39 is 12.1 Å². The lowest BCUT2D eigenvalue weighted by atomic mass is 10.1. The zero-order valence-electron chi connectivity index (χ0n) is 23.1. The Hall–Kier alpha value is -1.39. The van der Waals surface area contributed by atoms with Gasteiger partial charge in [-0.25, -0.2) is 0 Å². The molecule has 0 aliphatic carbocycles. The Morgan fingerprint density at radius 1 is 0.657 bits per heavy atom. The number of aliphatic hydroxyl groups excluding tert-OH is 2. The number of rotatable bonds is 25. The van der Waals surface area contributed by atoms with E-state index in [4.69, 9.17) is 0 Å². The molecule has 0 fully saturated rings. The molecule has 0 heterocycles. The van der Waals surface area contributed by atoms with Gasteiger partial charge in [-0.1, -0.05) is 115 Å². The number of carbonyl (C=O) groups is 1. The van der Waals surface area contributed by atoms with Crippen molar-refractivity contribution < 1.29 is 15.0 Å². The van der Waals surface area contributed by atoms with Crippen LogP contribution in [-0.4, -0.2) is 34.9 Å². The standard InChI is InChI=1S/C31H57NO3/c1-3-5-7-9-11-12-13-14-15-16-17-18-19-21-23-25-27-31(35)32-29(28-33)30(34)26-24-22-20-10-8-6-4-2/h8,10,15-16,24,26,29-30,33-34H,3-7,9,11-14,17-23,25,27-28H2,1-2H3,(H,32,35)/b10-8+,16-15-,26-24+. The number of allylic oxidation sites excluding steroid dienone is 5. The Labute approximate surface area is 217 Å². The summed E-state index contributed by atoms with van der Waals surface area (Å²) in [5.41, 5.74) is 0. The minimum Gasteiger partial charge on any atom is -0.394 e. The normalized spacial score (nSPS) is 13.8. The van der Waals surface area contributed by atoms with Crippen molar-refractivity contribution in [3.63, 3.8) is 0 Å². The van der Waals surface area contributed by atoms with Crippen LogP contribution in [0, 0.1) is 0 Å². The molecule has 2 atom stereocenters. The number of hydrogen-bond acceptors (Lipinski definition) is 3. The first-order chi connectivity index (χ1) is 17.2. The molecule has 1 amide bonds. The van der Waals surface area contributed by atoms with E-state index in [9.17, 15) is 15.0 Å². The van der Waals surface area contributed by atoms with Gasteiger partial charge in [-0.2, -0.15) is 0 Å². The van der Waals surface area contributed by atoms with Gasteiger partial charge in [0.2, 0.25) is 5.91 Å². The van der Waals surface area contributed by atoms with Crippen molar-refractivity contribution in [3.8, 4) is 0 Å². The van der Waals surface area contributed by atoms with Crippen LogP contribution in [0.4, 0.5) is 0 Å². The van der Waals surface area contributed by atoms with Crippen molar-refractivity contribution in [2.24, 2.45) is 0 Å². The van der Waals surface area contributed by atoms with E-state index in [2.05, 4.69) is 43.5 Å². The van der Waals surface area contributed by atoms with Gasteiger partial charge < -0.3 is 15.5 Å². The molecule has 4 nitrogen and oxygen atoms in total. The molecule has 2 unspecified atom stereocenters. The smallest absolute Gasteiger partial charge is 0.220 e. The molecular weight excluding hydrogens is 434 g/mol. The molecular formula is C31H57NO3. The van der Waals surface area contributed by atoms with E-state index in [0.717, 1.165) is 51.4 Å². The second kappa shape index (κ2) is 27.2. The first kappa shape index (κ1) is 33.6. The Kier molecular flexibility index (Phi) is 26.1. The van der Waals surface area contributed by atoms with Crippen molar-refractivity contribution in [2.75, 3.05) is 6.61 Å². The van der Waals surface area contributed by atoms with Gasteiger partial charge in [0.05, 0.1) is 18.8 Å². The highest BCUT2D eigenvalue weighted by molar-refractivity contribution is 5.76. The Bertz CT molecular complexity index is 541. The van der Waals surface area contributed by atoms with Crippen molar-refractivity contribution >= 4 is 5.91 Å². The number of hydrogen-bond donors (Lipinski definition) is 3. The second-order valence-electron chi connectivity index (χ2n) is 9.80. The highest BCUT2D eigenvalue weighted by Crippen LogP contribution is 2.11. The zero-order valence-corrected chi connectivity index (χ0v) is 23.1. The maximum absolute atomic E-state index is 12.2. The molecule has 0 aromatic carbocycles. The van der Waals surface area contributed by atoms with Gasteiger partial charge in [-0.05, 0) is 51.4 Å². The fourth-order valence-corrected chi connectivity index (χ4v) is 4.02. The van der Waals surface area contributed by atoms with Crippen molar-refractivity contribution in [1.82, 2.24) is 5.32 Å². The third-order valence-corrected chi connectivity index (χ3v) is 6.33. The molecule has 0 saturated heterocycles. The van der Waals surface area contributed by atoms with Crippen molar-refractivity contribution in [1.29, 1.82) is 0 Å². The van der Waals surface area contributed by atoms with Gasteiger partial charge in [0.15, 0.2) is 0 Å². The quantitative estimate of drug-likeness (QED) is 0.0896. The lowest BCUT2D eigenvalue weighted by Gasteiger charge is -2.19. The van der Waals surface area contributed by atoms with Gasteiger partial charge in [-0.3, -0.25) is 4.79 Å². The average Bonchev–Trinajstić information content (AvgIpc) is 2.86. The topological polar surface area (TPSA) is 69.6 Å². The summed E-state index contributed by atoms with van der Waals surface area (Å²) < 4.78 is 0. The summed E-state index contributed by atoms with van der Waals surface area (Å²) in [5.74, 6) is -0.0905. The van der Waals surface area contributed by atoms with Gasteiger partial charge in [0, 0.05) is 6.42 Å². The number of unbranched alkanes of at least 4 members (excludes halogenated alkanes) is 14. The van der Waals surface area contributed by atoms with Crippen LogP contribution in [0.25, 0.3) is 0 Å². The van der Waals surface area contributed by atoms with Crippen LogP contribution < -0.4 is 5.32 Å². The fraction of sp³-hybridized carbons (Fsp3) is 0.774. The van der Waals surface area contributed by atoms with Gasteiger partial charge in [-0.15, -0.1) is 0 Å². The minimum atomic E-state index is -0.859. The largest absolute Gasteiger partial charge is 0.394 e. The summed E-state index contributed by atoms with van der Waals surface area (Å²) in [4.78, 5) is 12.2. The highest BCUT2D eigenvalue weighted by atomic mass is 16.3. The van der Waals surface area contributed by atoms with E-state index in [1.54, 1.807) is 6.08 Å². The summed E-state index contributed by atoms with van der Waals surface area (Å²) in [5, 5.41) is 22.5. The summed E-state index contributed by atoms with van der Waals surface area (Å²) in [6.45, 7) is 4.16. The Balaban J connectivity index is 3.67. The molecule has 3 N–H and O–H groups in total. The van der Waals surface area contributed by atoms with E-state index in [-0.39, 0.29) is 12.5 Å². The van der Waals surface area contributed by atoms with Crippen LogP contribution in [0.2, 0.25) is 0 Å². The second-order valence-corrected chi connectivity index (χ2v) is 9.80. The third-order valence-electron chi connectivity index (χ3n) is 6.33. The lowest BCUT2D eigenvalue weighted by molar-refractivity contribution is -0.123. The fourth-order valence-electron chi connectivity index (χ4n) is 4.02. The van der Waals surface area contributed by atoms with E-state index in [1.165, 1.54) is 64.2 Å². The molecule has 0 radical (unpaired) electrons. The van der Waals surface area contributed by atoms with E-state index in [0.29, 0.717) is 6.42 Å². The number of aliphatic hydroxyl groups is 2. The first-order valence-electron chi connectivity index (χ1n) is 14.7. The molecule has 4 heteroatoms. The molecule has 0 aliphatic rings. The zero-order chi connectivity index (χ0) is 25.8. The average molecular weight is 492 g/mol. The van der Waals surface area contributed by atoms with Crippen LogP contribution in [0.1, 0.15) is 136 Å². The monoisotopic (exact) mass is 491 g/mol. The third kappa shape index (κ3) is 24.1. The summed E-state index contributed by atoms with van der Waals surface area (Å²) >= 11 is 0. The summed E-state index contributed by atoms with van der Waals surface area (Å²) in [7, 11) is 0. The number of carbonyl (C=O) groups excluding carboxylic acids is 1. The molecule has 0 aromatic heterocycles.